The highest BCUT2D eigenvalue weighted by atomic mass is 16.5. The zero-order chi connectivity index (χ0) is 27.4. The molecular formula is C30H30N2O7. The fraction of sp³-hybridized carbons (Fsp3) is 0.300. The van der Waals surface area contributed by atoms with Crippen molar-refractivity contribution in [2.75, 3.05) is 40.5 Å². The molecule has 0 aliphatic carbocycles. The topological polar surface area (TPSA) is 103 Å². The van der Waals surface area contributed by atoms with Gasteiger partial charge in [-0.1, -0.05) is 18.2 Å². The van der Waals surface area contributed by atoms with Gasteiger partial charge in [0.05, 0.1) is 32.4 Å². The van der Waals surface area contributed by atoms with Crippen LogP contribution in [-0.2, 0) is 16.0 Å². The van der Waals surface area contributed by atoms with Crippen LogP contribution in [0.2, 0.25) is 0 Å². The average Bonchev–Trinajstić information content (AvgIpc) is 2.97. The molecule has 202 valence electrons. The molecule has 0 saturated heterocycles. The highest BCUT2D eigenvalue weighted by Gasteiger charge is 2.34. The number of nitrogens with one attached hydrogen (secondary N) is 1. The van der Waals surface area contributed by atoms with E-state index in [0.717, 1.165) is 16.7 Å². The van der Waals surface area contributed by atoms with E-state index in [1.165, 1.54) is 7.11 Å². The molecule has 9 heteroatoms. The van der Waals surface area contributed by atoms with Gasteiger partial charge in [-0.3, -0.25) is 9.59 Å². The maximum atomic E-state index is 14.0. The Labute approximate surface area is 226 Å². The number of benzene rings is 3. The number of methoxy groups -OCH3 is 2. The highest BCUT2D eigenvalue weighted by molar-refractivity contribution is 5.98. The number of ether oxygens (including phenoxy) is 4. The van der Waals surface area contributed by atoms with Crippen LogP contribution < -0.4 is 19.5 Å². The first-order chi connectivity index (χ1) is 19.0. The summed E-state index contributed by atoms with van der Waals surface area (Å²) in [6.07, 6.45) is 1.19. The van der Waals surface area contributed by atoms with Crippen LogP contribution in [0, 0.1) is 0 Å². The van der Waals surface area contributed by atoms with Crippen LogP contribution in [0.5, 0.6) is 17.2 Å². The normalized spacial score (nSPS) is 16.9. The number of carbonyl (C=O) groups is 3. The summed E-state index contributed by atoms with van der Waals surface area (Å²) in [5.41, 5.74) is 3.45. The van der Waals surface area contributed by atoms with Crippen molar-refractivity contribution in [3.8, 4) is 17.2 Å². The molecule has 6 rings (SSSR count). The van der Waals surface area contributed by atoms with Crippen molar-refractivity contribution >= 4 is 17.8 Å². The molecule has 0 fully saturated rings. The number of rotatable bonds is 3. The van der Waals surface area contributed by atoms with E-state index in [-0.39, 0.29) is 18.4 Å². The Morgan fingerprint density at radius 2 is 1.82 bits per heavy atom. The summed E-state index contributed by atoms with van der Waals surface area (Å²) < 4.78 is 22.3. The lowest BCUT2D eigenvalue weighted by Crippen LogP contribution is -2.40. The molecule has 0 spiro atoms. The molecule has 3 aromatic rings. The lowest BCUT2D eigenvalue weighted by atomic mass is 9.87. The predicted octanol–water partition coefficient (Wildman–Crippen LogP) is 3.55. The number of carbonyl (C=O) groups excluding carboxylic acids is 3. The lowest BCUT2D eigenvalue weighted by molar-refractivity contribution is -0.123. The van der Waals surface area contributed by atoms with Crippen LogP contribution >= 0.6 is 0 Å². The van der Waals surface area contributed by atoms with Crippen molar-refractivity contribution in [2.24, 2.45) is 0 Å². The van der Waals surface area contributed by atoms with Gasteiger partial charge in [-0.05, 0) is 72.0 Å². The second kappa shape index (κ2) is 11.5. The molecule has 1 atom stereocenters. The molecule has 6 bridgehead atoms. The Kier molecular flexibility index (Phi) is 7.67. The Balaban J connectivity index is 1.61. The summed E-state index contributed by atoms with van der Waals surface area (Å²) in [5, 5.41) is 2.84. The third-order valence-corrected chi connectivity index (χ3v) is 6.89. The van der Waals surface area contributed by atoms with Crippen LogP contribution in [-0.4, -0.2) is 63.2 Å². The second-order valence-corrected chi connectivity index (χ2v) is 9.34. The fourth-order valence-electron chi connectivity index (χ4n) is 5.00. The monoisotopic (exact) mass is 530 g/mol. The number of fused-ring (bicyclic) bond motifs is 8. The van der Waals surface area contributed by atoms with Gasteiger partial charge in [-0.2, -0.15) is 0 Å². The van der Waals surface area contributed by atoms with Gasteiger partial charge >= 0.3 is 5.97 Å². The molecule has 3 heterocycles. The maximum absolute atomic E-state index is 14.0. The van der Waals surface area contributed by atoms with Crippen molar-refractivity contribution in [3.63, 3.8) is 0 Å². The number of hydrogen-bond donors (Lipinski definition) is 1. The van der Waals surface area contributed by atoms with E-state index in [9.17, 15) is 14.4 Å². The molecule has 9 nitrogen and oxygen atoms in total. The van der Waals surface area contributed by atoms with Crippen LogP contribution in [0.25, 0.3) is 0 Å². The summed E-state index contributed by atoms with van der Waals surface area (Å²) in [6.45, 7) is 1.17. The van der Waals surface area contributed by atoms with Crippen LogP contribution in [0.1, 0.15) is 49.9 Å². The van der Waals surface area contributed by atoms with E-state index in [2.05, 4.69) is 5.32 Å². The number of nitrogens with zero attached hydrogens (tertiary/aromatic N) is 1. The van der Waals surface area contributed by atoms with Gasteiger partial charge in [-0.15, -0.1) is 0 Å². The van der Waals surface area contributed by atoms with E-state index in [1.807, 2.05) is 36.4 Å². The van der Waals surface area contributed by atoms with Gasteiger partial charge in [0.1, 0.15) is 5.75 Å². The SMILES string of the molecule is COC(=O)c1cccc(C(=O)N2CCc3cc4c(OC)cc3C2c2cccc(c2)OCCCNC(=O)CO4)c1. The molecule has 1 unspecified atom stereocenters. The predicted molar refractivity (Wildman–Crippen MR) is 142 cm³/mol. The van der Waals surface area contributed by atoms with Crippen molar-refractivity contribution in [3.05, 3.63) is 88.5 Å². The van der Waals surface area contributed by atoms with Crippen LogP contribution in [0.4, 0.5) is 0 Å². The Hall–Kier alpha value is -4.53. The molecule has 0 aromatic heterocycles. The maximum Gasteiger partial charge on any atom is 0.337 e. The number of esters is 1. The molecule has 39 heavy (non-hydrogen) atoms. The van der Waals surface area contributed by atoms with Crippen molar-refractivity contribution < 1.29 is 33.3 Å². The number of amides is 2. The first-order valence-corrected chi connectivity index (χ1v) is 12.8. The smallest absolute Gasteiger partial charge is 0.337 e. The molecule has 0 radical (unpaired) electrons. The van der Waals surface area contributed by atoms with E-state index < -0.39 is 12.0 Å². The average molecular weight is 531 g/mol. The van der Waals surface area contributed by atoms with Crippen LogP contribution in [0.15, 0.2) is 60.7 Å². The first kappa shape index (κ1) is 26.1. The molecule has 1 N–H and O–H groups in total. The summed E-state index contributed by atoms with van der Waals surface area (Å²) in [6, 6.07) is 17.5. The van der Waals surface area contributed by atoms with Crippen LogP contribution in [0.3, 0.4) is 0 Å². The highest BCUT2D eigenvalue weighted by Crippen LogP contribution is 2.42. The zero-order valence-electron chi connectivity index (χ0n) is 21.9. The zero-order valence-corrected chi connectivity index (χ0v) is 21.9. The first-order valence-electron chi connectivity index (χ1n) is 12.8. The van der Waals surface area contributed by atoms with E-state index in [1.54, 1.807) is 36.3 Å². The Bertz CT molecular complexity index is 1400. The minimum absolute atomic E-state index is 0.139. The van der Waals surface area contributed by atoms with Gasteiger partial charge in [-0.25, -0.2) is 4.79 Å². The summed E-state index contributed by atoms with van der Waals surface area (Å²) >= 11 is 0. The second-order valence-electron chi connectivity index (χ2n) is 9.34. The van der Waals surface area contributed by atoms with Gasteiger partial charge in [0.15, 0.2) is 18.1 Å². The molecular weight excluding hydrogens is 500 g/mol. The molecule has 3 aromatic carbocycles. The van der Waals surface area contributed by atoms with Gasteiger partial charge in [0.25, 0.3) is 11.8 Å². The number of hydrogen-bond acceptors (Lipinski definition) is 7. The fourth-order valence-corrected chi connectivity index (χ4v) is 5.00. The third kappa shape index (κ3) is 5.52. The summed E-state index contributed by atoms with van der Waals surface area (Å²) in [7, 11) is 2.85. The van der Waals surface area contributed by atoms with Crippen molar-refractivity contribution in [1.29, 1.82) is 0 Å². The summed E-state index contributed by atoms with van der Waals surface area (Å²) in [5.74, 6) is 0.660. The van der Waals surface area contributed by atoms with Gasteiger partial charge < -0.3 is 29.2 Å². The minimum atomic E-state index is -0.505. The minimum Gasteiger partial charge on any atom is -0.494 e. The van der Waals surface area contributed by atoms with Gasteiger partial charge in [0, 0.05) is 18.7 Å². The van der Waals surface area contributed by atoms with E-state index in [4.69, 9.17) is 18.9 Å². The van der Waals surface area contributed by atoms with Crippen molar-refractivity contribution in [1.82, 2.24) is 10.2 Å². The summed E-state index contributed by atoms with van der Waals surface area (Å²) in [4.78, 5) is 40.2. The lowest BCUT2D eigenvalue weighted by Gasteiger charge is -2.38. The molecule has 3 aliphatic heterocycles. The third-order valence-electron chi connectivity index (χ3n) is 6.89. The van der Waals surface area contributed by atoms with Gasteiger partial charge in [0.2, 0.25) is 0 Å². The molecule has 3 aliphatic rings. The molecule has 2 amide bonds. The van der Waals surface area contributed by atoms with E-state index >= 15 is 0 Å². The Morgan fingerprint density at radius 3 is 2.64 bits per heavy atom. The van der Waals surface area contributed by atoms with E-state index in [0.29, 0.717) is 60.9 Å². The quantitative estimate of drug-likeness (QED) is 0.517. The van der Waals surface area contributed by atoms with Crippen molar-refractivity contribution in [2.45, 2.75) is 18.9 Å². The molecule has 0 saturated carbocycles. The standard InChI is InChI=1S/C30H30N2O7/c1-36-25-17-24-19-10-12-32(29(34)21-7-3-8-22(14-21)30(35)37-2)28(24)20-6-4-9-23(15-20)38-13-5-11-31-27(33)18-39-26(25)16-19/h3-4,6-9,14-17,28H,5,10-13,18H2,1-2H3,(H,31,33). The largest absolute Gasteiger partial charge is 0.494 e. The Morgan fingerprint density at radius 1 is 1.00 bits per heavy atom.